The van der Waals surface area contributed by atoms with Gasteiger partial charge in [0.1, 0.15) is 11.4 Å². The highest BCUT2D eigenvalue weighted by Crippen LogP contribution is 2.47. The molecule has 1 aromatic rings. The molecule has 0 spiro atoms. The minimum Gasteiger partial charge on any atom is -0.367 e. The zero-order valence-corrected chi connectivity index (χ0v) is 18.8. The summed E-state index contributed by atoms with van der Waals surface area (Å²) in [5.74, 6) is -3.00. The Balaban J connectivity index is 1.81. The first-order valence-corrected chi connectivity index (χ1v) is 10.7. The largest absolute Gasteiger partial charge is 0.418 e. The minimum absolute atomic E-state index is 0.0262. The van der Waals surface area contributed by atoms with E-state index >= 15 is 0 Å². The number of benzene rings is 1. The van der Waals surface area contributed by atoms with E-state index in [-0.39, 0.29) is 29.2 Å². The molecule has 2 fully saturated rings. The van der Waals surface area contributed by atoms with Crippen LogP contribution in [0.25, 0.3) is 0 Å². The van der Waals surface area contributed by atoms with E-state index in [0.717, 1.165) is 6.07 Å². The number of nitrogens with one attached hydrogen (secondary N) is 1. The quantitative estimate of drug-likeness (QED) is 0.491. The van der Waals surface area contributed by atoms with Crippen molar-refractivity contribution >= 4 is 35.9 Å². The molecule has 1 N–H and O–H groups in total. The molecule has 2 heterocycles. The lowest BCUT2D eigenvalue weighted by molar-refractivity contribution is -0.156. The summed E-state index contributed by atoms with van der Waals surface area (Å²) in [4.78, 5) is 23.7. The predicted molar refractivity (Wildman–Crippen MR) is 118 cm³/mol. The number of aliphatic imine (C=N–C) groups is 2. The standard InChI is InChI=1S/C22H28F5N5O/c1-5-29-18-16(22(25,26)27)6-7-17(19(18)28-4)31-9-13(2)8-15(10-31)30-20(33)14(3)32-11-21(23,24)12-32/h5-7,13-15H,4,8-12H2,1-3H3,(H,30,33)/b29-5-/t13-,14?,15+/m0/s1. The topological polar surface area (TPSA) is 60.3 Å². The molecule has 33 heavy (non-hydrogen) atoms. The Morgan fingerprint density at radius 3 is 2.48 bits per heavy atom. The molecule has 0 radical (unpaired) electrons. The maximum absolute atomic E-state index is 13.5. The highest BCUT2D eigenvalue weighted by atomic mass is 19.4. The number of carbonyl (C=O) groups is 1. The molecule has 2 aliphatic heterocycles. The van der Waals surface area contributed by atoms with Crippen LogP contribution >= 0.6 is 0 Å². The van der Waals surface area contributed by atoms with Crippen molar-refractivity contribution in [3.05, 3.63) is 17.7 Å². The summed E-state index contributed by atoms with van der Waals surface area (Å²) in [6.07, 6.45) is -2.68. The van der Waals surface area contributed by atoms with Gasteiger partial charge in [0.2, 0.25) is 5.91 Å². The van der Waals surface area contributed by atoms with Gasteiger partial charge in [0.25, 0.3) is 5.92 Å². The van der Waals surface area contributed by atoms with Crippen LogP contribution in [0.4, 0.5) is 39.0 Å². The lowest BCUT2D eigenvalue weighted by atomic mass is 9.94. The first kappa shape index (κ1) is 25.1. The molecular formula is C22H28F5N5O. The van der Waals surface area contributed by atoms with E-state index in [2.05, 4.69) is 22.0 Å². The van der Waals surface area contributed by atoms with Crippen molar-refractivity contribution in [1.82, 2.24) is 10.2 Å². The van der Waals surface area contributed by atoms with Gasteiger partial charge in [0, 0.05) is 25.3 Å². The fraction of sp³-hybridized carbons (Fsp3) is 0.591. The van der Waals surface area contributed by atoms with Gasteiger partial charge in [0.05, 0.1) is 30.4 Å². The Morgan fingerprint density at radius 1 is 1.27 bits per heavy atom. The molecule has 0 aliphatic carbocycles. The van der Waals surface area contributed by atoms with Gasteiger partial charge in [-0.15, -0.1) is 0 Å². The van der Waals surface area contributed by atoms with Crippen molar-refractivity contribution in [2.24, 2.45) is 15.9 Å². The van der Waals surface area contributed by atoms with E-state index in [9.17, 15) is 26.7 Å². The smallest absolute Gasteiger partial charge is 0.367 e. The molecule has 2 saturated heterocycles. The highest BCUT2D eigenvalue weighted by molar-refractivity contribution is 5.85. The third-order valence-electron chi connectivity index (χ3n) is 5.99. The number of halogens is 5. The number of alkyl halides is 5. The average Bonchev–Trinajstić information content (AvgIpc) is 2.69. The Bertz CT molecular complexity index is 924. The molecule has 6 nitrogen and oxygen atoms in total. The second-order valence-electron chi connectivity index (χ2n) is 8.76. The Kier molecular flexibility index (Phi) is 7.11. The molecule has 182 valence electrons. The molecule has 3 rings (SSSR count). The SMILES string of the molecule is C=Nc1c(N2C[C@@H](C)C[C@@H](NC(=O)C(C)N3CC(F)(F)C3)C2)ccc(C(F)(F)F)c1/N=C\C. The maximum atomic E-state index is 13.5. The summed E-state index contributed by atoms with van der Waals surface area (Å²) in [6, 6.07) is 1.33. The first-order chi connectivity index (χ1) is 15.4. The van der Waals surface area contributed by atoms with E-state index in [4.69, 9.17) is 0 Å². The first-order valence-electron chi connectivity index (χ1n) is 10.7. The van der Waals surface area contributed by atoms with Crippen LogP contribution in [0.15, 0.2) is 22.1 Å². The Morgan fingerprint density at radius 2 is 1.94 bits per heavy atom. The molecule has 1 aromatic carbocycles. The van der Waals surface area contributed by atoms with Crippen molar-refractivity contribution < 1.29 is 26.7 Å². The molecular weight excluding hydrogens is 445 g/mol. The highest BCUT2D eigenvalue weighted by Gasteiger charge is 2.47. The van der Waals surface area contributed by atoms with Gasteiger partial charge in [-0.3, -0.25) is 19.7 Å². The molecule has 0 saturated carbocycles. The van der Waals surface area contributed by atoms with Crippen molar-refractivity contribution in [3.63, 3.8) is 0 Å². The minimum atomic E-state index is -4.60. The number of anilines is 1. The summed E-state index contributed by atoms with van der Waals surface area (Å²) in [5.41, 5.74) is -0.733. The molecule has 1 unspecified atom stereocenters. The van der Waals surface area contributed by atoms with Crippen molar-refractivity contribution in [2.75, 3.05) is 31.1 Å². The lowest BCUT2D eigenvalue weighted by Gasteiger charge is -2.43. The zero-order chi connectivity index (χ0) is 24.6. The van der Waals surface area contributed by atoms with Gasteiger partial charge in [-0.1, -0.05) is 6.92 Å². The number of rotatable bonds is 6. The average molecular weight is 473 g/mol. The Hall–Kier alpha value is -2.56. The zero-order valence-electron chi connectivity index (χ0n) is 18.8. The van der Waals surface area contributed by atoms with Crippen LogP contribution in [0.1, 0.15) is 32.8 Å². The van der Waals surface area contributed by atoms with Gasteiger partial charge < -0.3 is 10.2 Å². The number of likely N-dealkylation sites (tertiary alicyclic amines) is 1. The van der Waals surface area contributed by atoms with E-state index in [1.165, 1.54) is 24.1 Å². The molecule has 11 heteroatoms. The number of carbonyl (C=O) groups excluding carboxylic acids is 1. The second-order valence-corrected chi connectivity index (χ2v) is 8.76. The number of hydrogen-bond donors (Lipinski definition) is 1. The van der Waals surface area contributed by atoms with Crippen molar-refractivity contribution in [2.45, 2.75) is 51.4 Å². The van der Waals surface area contributed by atoms with Crippen LogP contribution < -0.4 is 10.2 Å². The van der Waals surface area contributed by atoms with Gasteiger partial charge in [0.15, 0.2) is 0 Å². The molecule has 0 bridgehead atoms. The van der Waals surface area contributed by atoms with Crippen LogP contribution in [-0.2, 0) is 11.0 Å². The Labute approximate surface area is 189 Å². The summed E-state index contributed by atoms with van der Waals surface area (Å²) < 4.78 is 66.8. The monoisotopic (exact) mass is 473 g/mol. The fourth-order valence-electron chi connectivity index (χ4n) is 4.43. The van der Waals surface area contributed by atoms with Crippen LogP contribution in [0.5, 0.6) is 0 Å². The summed E-state index contributed by atoms with van der Waals surface area (Å²) >= 11 is 0. The number of amides is 1. The van der Waals surface area contributed by atoms with Crippen LogP contribution in [0, 0.1) is 5.92 Å². The molecule has 3 atom stereocenters. The maximum Gasteiger partial charge on any atom is 0.418 e. The van der Waals surface area contributed by atoms with E-state index < -0.39 is 36.8 Å². The number of hydrogen-bond acceptors (Lipinski definition) is 5. The second kappa shape index (κ2) is 9.36. The van der Waals surface area contributed by atoms with Gasteiger partial charge >= 0.3 is 6.18 Å². The van der Waals surface area contributed by atoms with Crippen molar-refractivity contribution in [1.29, 1.82) is 0 Å². The van der Waals surface area contributed by atoms with E-state index in [0.29, 0.717) is 25.2 Å². The summed E-state index contributed by atoms with van der Waals surface area (Å²) in [5, 5.41) is 2.92. The van der Waals surface area contributed by atoms with E-state index in [1.54, 1.807) is 6.92 Å². The lowest BCUT2D eigenvalue weighted by Crippen LogP contribution is -2.63. The van der Waals surface area contributed by atoms with Gasteiger partial charge in [-0.05, 0) is 45.0 Å². The third-order valence-corrected chi connectivity index (χ3v) is 5.99. The fourth-order valence-corrected chi connectivity index (χ4v) is 4.43. The van der Waals surface area contributed by atoms with Crippen LogP contribution in [0.3, 0.4) is 0 Å². The van der Waals surface area contributed by atoms with Gasteiger partial charge in [-0.25, -0.2) is 8.78 Å². The third kappa shape index (κ3) is 5.51. The van der Waals surface area contributed by atoms with E-state index in [1.807, 2.05) is 11.8 Å². The predicted octanol–water partition coefficient (Wildman–Crippen LogP) is 4.43. The molecule has 0 aromatic heterocycles. The molecule has 1 amide bonds. The van der Waals surface area contributed by atoms with Gasteiger partial charge in [-0.2, -0.15) is 13.2 Å². The summed E-state index contributed by atoms with van der Waals surface area (Å²) in [6.45, 7) is 8.51. The van der Waals surface area contributed by atoms with Crippen LogP contribution in [0.2, 0.25) is 0 Å². The van der Waals surface area contributed by atoms with Crippen molar-refractivity contribution in [3.8, 4) is 0 Å². The number of nitrogens with zero attached hydrogens (tertiary/aromatic N) is 4. The normalized spacial score (nSPS) is 24.4. The summed E-state index contributed by atoms with van der Waals surface area (Å²) in [7, 11) is 0. The molecule has 2 aliphatic rings. The number of piperidine rings is 1. The van der Waals surface area contributed by atoms with Crippen LogP contribution in [-0.4, -0.2) is 67.9 Å².